The highest BCUT2D eigenvalue weighted by Gasteiger charge is 2.38. The van der Waals surface area contributed by atoms with Crippen LogP contribution in [0, 0.1) is 15.5 Å². The van der Waals surface area contributed by atoms with Crippen LogP contribution in [0.2, 0.25) is 0 Å². The molecule has 3 rings (SSSR count). The maximum atomic E-state index is 12.0. The number of aromatic nitrogens is 1. The molecule has 0 unspecified atom stereocenters. The molecule has 12 heteroatoms. The number of nitro benzene ring substituents is 1. The molecule has 2 aromatic rings. The molecule has 0 atom stereocenters. The molecule has 0 spiro atoms. The van der Waals surface area contributed by atoms with E-state index in [0.717, 1.165) is 22.1 Å². The fourth-order valence-electron chi connectivity index (χ4n) is 2.13. The first-order chi connectivity index (χ1) is 12.6. The SMILES string of the molecule is CC1(C)OC(=O)C(=Cc2ccc(Sc3nc(=N)ss3)c([N+](=O)[O-])c2)C(=O)O1. The zero-order valence-corrected chi connectivity index (χ0v) is 16.3. The van der Waals surface area contributed by atoms with E-state index in [9.17, 15) is 19.7 Å². The third-order valence-electron chi connectivity index (χ3n) is 3.19. The summed E-state index contributed by atoms with van der Waals surface area (Å²) < 4.78 is 10.5. The van der Waals surface area contributed by atoms with E-state index < -0.39 is 22.6 Å². The standard InChI is InChI=1S/C15H11N3O6S3/c1-15(2)23-11(19)8(12(20)24-15)5-7-3-4-10(9(6-7)18(21)22)25-14-17-13(16)26-27-14/h3-6,16H,1-2H3. The number of benzene rings is 1. The highest BCUT2D eigenvalue weighted by Crippen LogP contribution is 2.37. The second kappa shape index (κ2) is 7.21. The summed E-state index contributed by atoms with van der Waals surface area (Å²) in [6, 6.07) is 4.27. The van der Waals surface area contributed by atoms with Crippen molar-refractivity contribution in [3.8, 4) is 0 Å². The molecule has 1 N–H and O–H groups in total. The number of carbonyl (C=O) groups is 2. The molecular weight excluding hydrogens is 414 g/mol. The molecule has 0 aliphatic carbocycles. The van der Waals surface area contributed by atoms with E-state index in [2.05, 4.69) is 4.98 Å². The Kier molecular flexibility index (Phi) is 5.13. The Morgan fingerprint density at radius 3 is 2.48 bits per heavy atom. The topological polar surface area (TPSA) is 132 Å². The van der Waals surface area contributed by atoms with Gasteiger partial charge < -0.3 is 9.47 Å². The van der Waals surface area contributed by atoms with Gasteiger partial charge in [0.15, 0.2) is 4.34 Å². The Labute approximate surface area is 163 Å². The van der Waals surface area contributed by atoms with Crippen molar-refractivity contribution in [1.29, 1.82) is 5.41 Å². The van der Waals surface area contributed by atoms with Gasteiger partial charge in [0.1, 0.15) is 5.57 Å². The molecule has 1 aromatic carbocycles. The number of esters is 2. The number of cyclic esters (lactones) is 2. The molecule has 1 aliphatic rings. The number of hydrogen-bond donors (Lipinski definition) is 1. The zero-order chi connectivity index (χ0) is 19.8. The van der Waals surface area contributed by atoms with Crippen LogP contribution in [0.3, 0.4) is 0 Å². The van der Waals surface area contributed by atoms with Crippen molar-refractivity contribution in [3.05, 3.63) is 44.3 Å². The number of nitro groups is 1. The van der Waals surface area contributed by atoms with Gasteiger partial charge in [0, 0.05) is 19.9 Å². The lowest BCUT2D eigenvalue weighted by Gasteiger charge is -2.29. The molecular formula is C15H11N3O6S3. The van der Waals surface area contributed by atoms with Gasteiger partial charge in [-0.25, -0.2) is 14.6 Å². The first-order valence-corrected chi connectivity index (χ1v) is 10.3. The molecule has 140 valence electrons. The van der Waals surface area contributed by atoms with Crippen LogP contribution in [-0.2, 0) is 19.1 Å². The lowest BCUT2D eigenvalue weighted by molar-refractivity contribution is -0.387. The zero-order valence-electron chi connectivity index (χ0n) is 13.9. The minimum atomic E-state index is -1.36. The minimum Gasteiger partial charge on any atom is -0.419 e. The van der Waals surface area contributed by atoms with E-state index in [1.54, 1.807) is 0 Å². The van der Waals surface area contributed by atoms with Crippen molar-refractivity contribution in [1.82, 2.24) is 4.98 Å². The summed E-state index contributed by atoms with van der Waals surface area (Å²) in [5.41, 5.74) is -0.277. The molecule has 0 amide bonds. The van der Waals surface area contributed by atoms with Crippen LogP contribution < -0.4 is 4.80 Å². The summed E-state index contributed by atoms with van der Waals surface area (Å²) in [5, 5.41) is 18.9. The van der Waals surface area contributed by atoms with Crippen molar-refractivity contribution in [3.63, 3.8) is 0 Å². The monoisotopic (exact) mass is 425 g/mol. The third-order valence-corrected chi connectivity index (χ3v) is 6.60. The number of rotatable bonds is 4. The van der Waals surface area contributed by atoms with Crippen LogP contribution in [0.25, 0.3) is 6.08 Å². The average molecular weight is 425 g/mol. The van der Waals surface area contributed by atoms with E-state index in [1.165, 1.54) is 48.5 Å². The number of hydrogen-bond acceptors (Lipinski definition) is 11. The predicted molar refractivity (Wildman–Crippen MR) is 97.3 cm³/mol. The summed E-state index contributed by atoms with van der Waals surface area (Å²) in [7, 11) is 2.41. The largest absolute Gasteiger partial charge is 0.419 e. The van der Waals surface area contributed by atoms with Crippen LogP contribution >= 0.6 is 32.4 Å². The first-order valence-electron chi connectivity index (χ1n) is 7.31. The van der Waals surface area contributed by atoms with E-state index >= 15 is 0 Å². The summed E-state index contributed by atoms with van der Waals surface area (Å²) in [4.78, 5) is 39.3. The Bertz CT molecular complexity index is 1020. The number of nitrogens with zero attached hydrogens (tertiary/aromatic N) is 2. The molecule has 0 radical (unpaired) electrons. The maximum Gasteiger partial charge on any atom is 0.348 e. The molecule has 2 heterocycles. The predicted octanol–water partition coefficient (Wildman–Crippen LogP) is 2.96. The van der Waals surface area contributed by atoms with E-state index in [-0.39, 0.29) is 21.6 Å². The van der Waals surface area contributed by atoms with Crippen LogP contribution in [0.1, 0.15) is 19.4 Å². The van der Waals surface area contributed by atoms with Gasteiger partial charge in [0.2, 0.25) is 4.80 Å². The van der Waals surface area contributed by atoms with Crippen molar-refractivity contribution in [2.24, 2.45) is 0 Å². The van der Waals surface area contributed by atoms with Crippen LogP contribution in [0.4, 0.5) is 5.69 Å². The second-order valence-corrected chi connectivity index (χ2v) is 9.07. The van der Waals surface area contributed by atoms with Crippen molar-refractivity contribution < 1.29 is 24.0 Å². The van der Waals surface area contributed by atoms with E-state index in [0.29, 0.717) is 9.24 Å². The smallest absolute Gasteiger partial charge is 0.348 e. The lowest BCUT2D eigenvalue weighted by atomic mass is 10.1. The van der Waals surface area contributed by atoms with Crippen molar-refractivity contribution >= 4 is 56.1 Å². The Morgan fingerprint density at radius 2 is 1.93 bits per heavy atom. The van der Waals surface area contributed by atoms with E-state index in [1.807, 2.05) is 0 Å². The van der Waals surface area contributed by atoms with E-state index in [4.69, 9.17) is 14.9 Å². The van der Waals surface area contributed by atoms with Crippen LogP contribution in [0.5, 0.6) is 0 Å². The first kappa shape index (κ1) is 19.2. The number of carbonyl (C=O) groups excluding carboxylic acids is 2. The Morgan fingerprint density at radius 1 is 1.26 bits per heavy atom. The molecule has 27 heavy (non-hydrogen) atoms. The van der Waals surface area contributed by atoms with Gasteiger partial charge in [-0.15, -0.1) is 0 Å². The van der Waals surface area contributed by atoms with Gasteiger partial charge in [-0.2, -0.15) is 0 Å². The summed E-state index contributed by atoms with van der Waals surface area (Å²) in [6.45, 7) is 2.86. The van der Waals surface area contributed by atoms with Crippen molar-refractivity contribution in [2.75, 3.05) is 0 Å². The fraction of sp³-hybridized carbons (Fsp3) is 0.200. The molecule has 9 nitrogen and oxygen atoms in total. The lowest BCUT2D eigenvalue weighted by Crippen LogP contribution is -2.41. The Hall–Kier alpha value is -2.57. The minimum absolute atomic E-state index is 0.128. The molecule has 1 aliphatic heterocycles. The quantitative estimate of drug-likeness (QED) is 0.197. The average Bonchev–Trinajstić information content (AvgIpc) is 2.96. The maximum absolute atomic E-state index is 12.0. The van der Waals surface area contributed by atoms with Crippen LogP contribution in [0.15, 0.2) is 33.0 Å². The molecule has 1 fully saturated rings. The molecule has 1 saturated heterocycles. The molecule has 0 bridgehead atoms. The third kappa shape index (κ3) is 4.40. The summed E-state index contributed by atoms with van der Waals surface area (Å²) in [6.07, 6.45) is 1.19. The summed E-state index contributed by atoms with van der Waals surface area (Å²) in [5.74, 6) is -3.07. The Balaban J connectivity index is 1.94. The molecule has 1 aromatic heterocycles. The second-order valence-electron chi connectivity index (χ2n) is 5.67. The normalized spacial score (nSPS) is 15.9. The van der Waals surface area contributed by atoms with Gasteiger partial charge in [-0.3, -0.25) is 15.5 Å². The molecule has 0 saturated carbocycles. The summed E-state index contributed by atoms with van der Waals surface area (Å²) >= 11 is 1.07. The van der Waals surface area contributed by atoms with Gasteiger partial charge >= 0.3 is 11.9 Å². The number of ether oxygens (including phenoxy) is 2. The van der Waals surface area contributed by atoms with Gasteiger partial charge in [-0.05, 0) is 38.4 Å². The van der Waals surface area contributed by atoms with Gasteiger partial charge in [0.25, 0.3) is 11.5 Å². The van der Waals surface area contributed by atoms with Gasteiger partial charge in [0.05, 0.1) is 9.82 Å². The van der Waals surface area contributed by atoms with Gasteiger partial charge in [-0.1, -0.05) is 17.8 Å². The number of nitrogens with one attached hydrogen (secondary N) is 1. The van der Waals surface area contributed by atoms with Crippen LogP contribution in [-0.4, -0.2) is 27.6 Å². The highest BCUT2D eigenvalue weighted by atomic mass is 32.9. The highest BCUT2D eigenvalue weighted by molar-refractivity contribution is 8.02. The van der Waals surface area contributed by atoms with Crippen molar-refractivity contribution in [2.45, 2.75) is 28.9 Å². The fourth-order valence-corrected chi connectivity index (χ4v) is 5.04.